The second kappa shape index (κ2) is 6.52. The Morgan fingerprint density at radius 3 is 2.40 bits per heavy atom. The van der Waals surface area contributed by atoms with E-state index in [1.807, 2.05) is 19.9 Å². The lowest BCUT2D eigenvalue weighted by Crippen LogP contribution is -2.50. The van der Waals surface area contributed by atoms with Crippen LogP contribution in [0.1, 0.15) is 19.4 Å². The third kappa shape index (κ3) is 4.52. The van der Waals surface area contributed by atoms with E-state index in [4.69, 9.17) is 0 Å². The highest BCUT2D eigenvalue weighted by molar-refractivity contribution is 9.10. The van der Waals surface area contributed by atoms with Gasteiger partial charge in [0.25, 0.3) is 0 Å². The number of hydrogen-bond donors (Lipinski definition) is 1. The first kappa shape index (κ1) is 15.9. The number of aliphatic hydroxyl groups is 1. The molecule has 1 fully saturated rings. The predicted octanol–water partition coefficient (Wildman–Crippen LogP) is 2.48. The minimum Gasteiger partial charge on any atom is -0.389 e. The Labute approximate surface area is 128 Å². The van der Waals surface area contributed by atoms with E-state index in [-0.39, 0.29) is 5.82 Å². The molecule has 0 radical (unpaired) electrons. The minimum atomic E-state index is -0.645. The molecular formula is C15H22BrFN2O. The molecule has 0 amide bonds. The van der Waals surface area contributed by atoms with Crippen molar-refractivity contribution < 1.29 is 9.50 Å². The molecule has 0 saturated carbocycles. The summed E-state index contributed by atoms with van der Waals surface area (Å²) in [7, 11) is 0. The van der Waals surface area contributed by atoms with Gasteiger partial charge >= 0.3 is 0 Å². The normalized spacial score (nSPS) is 18.4. The summed E-state index contributed by atoms with van der Waals surface area (Å²) < 4.78 is 14.0. The first-order chi connectivity index (χ1) is 9.35. The van der Waals surface area contributed by atoms with Gasteiger partial charge in [-0.15, -0.1) is 0 Å². The van der Waals surface area contributed by atoms with E-state index in [0.29, 0.717) is 11.0 Å². The standard InChI is InChI=1S/C15H22BrFN2O/c1-15(2,20)11-19-8-6-18(7-9-19)10-12-4-3-5-13(17)14(12)16/h3-5,20H,6-11H2,1-2H3. The maximum absolute atomic E-state index is 13.5. The highest BCUT2D eigenvalue weighted by Gasteiger charge is 2.23. The van der Waals surface area contributed by atoms with Gasteiger partial charge in [-0.2, -0.15) is 0 Å². The second-order valence-corrected chi connectivity index (χ2v) is 6.87. The first-order valence-corrected chi connectivity index (χ1v) is 7.74. The molecule has 0 atom stereocenters. The van der Waals surface area contributed by atoms with Gasteiger partial charge in [-0.05, 0) is 41.4 Å². The van der Waals surface area contributed by atoms with Crippen molar-refractivity contribution in [3.05, 3.63) is 34.1 Å². The van der Waals surface area contributed by atoms with Crippen LogP contribution in [0.5, 0.6) is 0 Å². The van der Waals surface area contributed by atoms with Gasteiger partial charge in [0.2, 0.25) is 0 Å². The van der Waals surface area contributed by atoms with Crippen molar-refractivity contribution in [3.63, 3.8) is 0 Å². The Morgan fingerprint density at radius 1 is 1.20 bits per heavy atom. The Kier molecular flexibility index (Phi) is 5.18. The zero-order valence-corrected chi connectivity index (χ0v) is 13.7. The number of β-amino-alcohol motifs (C(OH)–C–C–N with tert-alkyl or cyclic N) is 1. The van der Waals surface area contributed by atoms with Gasteiger partial charge in [-0.25, -0.2) is 4.39 Å². The molecule has 0 bridgehead atoms. The van der Waals surface area contributed by atoms with Gasteiger partial charge in [0.1, 0.15) is 5.82 Å². The smallest absolute Gasteiger partial charge is 0.137 e. The monoisotopic (exact) mass is 344 g/mol. The molecule has 1 N–H and O–H groups in total. The van der Waals surface area contributed by atoms with E-state index in [9.17, 15) is 9.50 Å². The van der Waals surface area contributed by atoms with E-state index >= 15 is 0 Å². The average Bonchev–Trinajstić information content (AvgIpc) is 2.35. The summed E-state index contributed by atoms with van der Waals surface area (Å²) in [5.74, 6) is -0.205. The maximum atomic E-state index is 13.5. The zero-order chi connectivity index (χ0) is 14.8. The van der Waals surface area contributed by atoms with E-state index in [1.165, 1.54) is 6.07 Å². The van der Waals surface area contributed by atoms with Crippen LogP contribution in [0, 0.1) is 5.82 Å². The summed E-state index contributed by atoms with van der Waals surface area (Å²) in [4.78, 5) is 4.59. The van der Waals surface area contributed by atoms with Crippen molar-refractivity contribution in [3.8, 4) is 0 Å². The van der Waals surface area contributed by atoms with Gasteiger partial charge in [0, 0.05) is 39.3 Å². The highest BCUT2D eigenvalue weighted by Crippen LogP contribution is 2.22. The van der Waals surface area contributed by atoms with Crippen LogP contribution in [-0.2, 0) is 6.54 Å². The van der Waals surface area contributed by atoms with Crippen LogP contribution in [0.4, 0.5) is 4.39 Å². The fourth-order valence-electron chi connectivity index (χ4n) is 2.56. The van der Waals surface area contributed by atoms with Crippen molar-refractivity contribution in [1.29, 1.82) is 0 Å². The third-order valence-electron chi connectivity index (χ3n) is 3.50. The quantitative estimate of drug-likeness (QED) is 0.908. The zero-order valence-electron chi connectivity index (χ0n) is 12.1. The molecule has 0 unspecified atom stereocenters. The van der Waals surface area contributed by atoms with Crippen molar-refractivity contribution in [2.24, 2.45) is 0 Å². The number of hydrogen-bond acceptors (Lipinski definition) is 3. The van der Waals surface area contributed by atoms with Crippen molar-refractivity contribution in [2.75, 3.05) is 32.7 Å². The Balaban J connectivity index is 1.87. The van der Waals surface area contributed by atoms with Gasteiger partial charge in [-0.1, -0.05) is 12.1 Å². The van der Waals surface area contributed by atoms with Gasteiger partial charge < -0.3 is 5.11 Å². The number of rotatable bonds is 4. The second-order valence-electron chi connectivity index (χ2n) is 6.08. The summed E-state index contributed by atoms with van der Waals surface area (Å²) in [6.45, 7) is 8.90. The molecule has 2 rings (SSSR count). The molecule has 1 aromatic carbocycles. The Hall–Kier alpha value is -0.490. The number of nitrogens with zero attached hydrogens (tertiary/aromatic N) is 2. The molecule has 0 aromatic heterocycles. The summed E-state index contributed by atoms with van der Waals surface area (Å²) in [6.07, 6.45) is 0. The van der Waals surface area contributed by atoms with Crippen LogP contribution in [0.3, 0.4) is 0 Å². The van der Waals surface area contributed by atoms with Crippen LogP contribution in [-0.4, -0.2) is 53.2 Å². The summed E-state index contributed by atoms with van der Waals surface area (Å²) in [6, 6.07) is 5.17. The van der Waals surface area contributed by atoms with Crippen molar-refractivity contribution in [2.45, 2.75) is 26.0 Å². The molecule has 5 heteroatoms. The lowest BCUT2D eigenvalue weighted by atomic mass is 10.1. The topological polar surface area (TPSA) is 26.7 Å². The predicted molar refractivity (Wildman–Crippen MR) is 82.1 cm³/mol. The van der Waals surface area contributed by atoms with Crippen LogP contribution < -0.4 is 0 Å². The van der Waals surface area contributed by atoms with Crippen LogP contribution in [0.15, 0.2) is 22.7 Å². The highest BCUT2D eigenvalue weighted by atomic mass is 79.9. The molecule has 112 valence electrons. The minimum absolute atomic E-state index is 0.205. The molecule has 1 aromatic rings. The first-order valence-electron chi connectivity index (χ1n) is 6.95. The van der Waals surface area contributed by atoms with Crippen LogP contribution in [0.2, 0.25) is 0 Å². The maximum Gasteiger partial charge on any atom is 0.137 e. The number of benzene rings is 1. The van der Waals surface area contributed by atoms with Crippen LogP contribution >= 0.6 is 15.9 Å². The van der Waals surface area contributed by atoms with Crippen molar-refractivity contribution in [1.82, 2.24) is 9.80 Å². The van der Waals surface area contributed by atoms with E-state index in [0.717, 1.165) is 38.3 Å². The molecule has 3 nitrogen and oxygen atoms in total. The molecule has 0 aliphatic carbocycles. The third-order valence-corrected chi connectivity index (χ3v) is 4.39. The SMILES string of the molecule is CC(C)(O)CN1CCN(Cc2cccc(F)c2Br)CC1. The molecule has 1 aliphatic heterocycles. The van der Waals surface area contributed by atoms with Crippen molar-refractivity contribution >= 4 is 15.9 Å². The fourth-order valence-corrected chi connectivity index (χ4v) is 2.95. The van der Waals surface area contributed by atoms with Gasteiger partial charge in [-0.3, -0.25) is 9.80 Å². The van der Waals surface area contributed by atoms with Gasteiger partial charge in [0.05, 0.1) is 10.1 Å². The molecule has 20 heavy (non-hydrogen) atoms. The lowest BCUT2D eigenvalue weighted by molar-refractivity contribution is 0.0166. The number of halogens is 2. The average molecular weight is 345 g/mol. The summed E-state index contributed by atoms with van der Waals surface area (Å²) in [5, 5.41) is 9.83. The molecule has 1 aliphatic rings. The van der Waals surface area contributed by atoms with E-state index < -0.39 is 5.60 Å². The summed E-state index contributed by atoms with van der Waals surface area (Å²) in [5.41, 5.74) is 0.342. The molecule has 0 spiro atoms. The van der Waals surface area contributed by atoms with E-state index in [2.05, 4.69) is 25.7 Å². The Bertz CT molecular complexity index is 454. The molecular weight excluding hydrogens is 323 g/mol. The lowest BCUT2D eigenvalue weighted by Gasteiger charge is -2.37. The van der Waals surface area contributed by atoms with E-state index in [1.54, 1.807) is 6.07 Å². The van der Waals surface area contributed by atoms with Gasteiger partial charge in [0.15, 0.2) is 0 Å². The largest absolute Gasteiger partial charge is 0.389 e. The fraction of sp³-hybridized carbons (Fsp3) is 0.600. The Morgan fingerprint density at radius 2 is 1.80 bits per heavy atom. The molecule has 1 heterocycles. The number of piperazine rings is 1. The molecule has 1 saturated heterocycles. The summed E-state index contributed by atoms with van der Waals surface area (Å²) >= 11 is 3.31. The van der Waals surface area contributed by atoms with Crippen LogP contribution in [0.25, 0.3) is 0 Å².